The standard InChI is InChI=1S/C15H22ClF3N2O3S/c1-4-20(10-11-24-3)25(22,23)21(5-2)14(15(17,18)19)12-6-8-13(16)9-7-12/h6-9,14H,4-5,10-11H2,1-3H3. The summed E-state index contributed by atoms with van der Waals surface area (Å²) in [4.78, 5) is 0. The van der Waals surface area contributed by atoms with Gasteiger partial charge in [-0.3, -0.25) is 0 Å². The van der Waals surface area contributed by atoms with Crippen molar-refractivity contribution >= 4 is 21.8 Å². The van der Waals surface area contributed by atoms with Crippen LogP contribution in [-0.4, -0.2) is 56.6 Å². The van der Waals surface area contributed by atoms with Crippen LogP contribution >= 0.6 is 11.6 Å². The molecule has 0 heterocycles. The molecule has 0 saturated heterocycles. The number of alkyl halides is 3. The van der Waals surface area contributed by atoms with Gasteiger partial charge in [-0.15, -0.1) is 0 Å². The van der Waals surface area contributed by atoms with Crippen LogP contribution in [0.25, 0.3) is 0 Å². The number of hydrogen-bond acceptors (Lipinski definition) is 3. The molecule has 0 aliphatic rings. The SMILES string of the molecule is CCN(CCOC)S(=O)(=O)N(CC)C(c1ccc(Cl)cc1)C(F)(F)F. The Labute approximate surface area is 151 Å². The predicted molar refractivity (Wildman–Crippen MR) is 90.7 cm³/mol. The first-order chi connectivity index (χ1) is 11.6. The van der Waals surface area contributed by atoms with Crippen molar-refractivity contribution in [2.45, 2.75) is 26.1 Å². The van der Waals surface area contributed by atoms with E-state index in [9.17, 15) is 21.6 Å². The topological polar surface area (TPSA) is 49.9 Å². The molecule has 0 N–H and O–H groups in total. The average Bonchev–Trinajstić information content (AvgIpc) is 2.52. The summed E-state index contributed by atoms with van der Waals surface area (Å²) in [6, 6.07) is 2.68. The molecule has 0 bridgehead atoms. The molecule has 1 aromatic rings. The van der Waals surface area contributed by atoms with Crippen molar-refractivity contribution in [2.24, 2.45) is 0 Å². The summed E-state index contributed by atoms with van der Waals surface area (Å²) >= 11 is 5.73. The lowest BCUT2D eigenvalue weighted by molar-refractivity contribution is -0.173. The third kappa shape index (κ3) is 5.55. The molecule has 1 aromatic carbocycles. The maximum Gasteiger partial charge on any atom is 0.409 e. The maximum absolute atomic E-state index is 13.7. The molecular formula is C15H22ClF3N2O3S. The zero-order chi connectivity index (χ0) is 19.3. The summed E-state index contributed by atoms with van der Waals surface area (Å²) in [5.74, 6) is 0. The van der Waals surface area contributed by atoms with E-state index >= 15 is 0 Å². The molecule has 0 aliphatic heterocycles. The minimum Gasteiger partial charge on any atom is -0.383 e. The van der Waals surface area contributed by atoms with Gasteiger partial charge in [0.2, 0.25) is 0 Å². The first-order valence-electron chi connectivity index (χ1n) is 7.67. The molecule has 0 spiro atoms. The molecule has 5 nitrogen and oxygen atoms in total. The molecule has 1 rings (SSSR count). The van der Waals surface area contributed by atoms with E-state index < -0.39 is 22.4 Å². The van der Waals surface area contributed by atoms with Gasteiger partial charge in [-0.25, -0.2) is 0 Å². The van der Waals surface area contributed by atoms with Crippen molar-refractivity contribution in [2.75, 3.05) is 33.4 Å². The molecule has 0 fully saturated rings. The average molecular weight is 403 g/mol. The number of likely N-dealkylation sites (N-methyl/N-ethyl adjacent to an activating group) is 1. The number of benzene rings is 1. The Kier molecular flexibility index (Phi) is 8.14. The molecule has 0 saturated carbocycles. The Morgan fingerprint density at radius 3 is 2.12 bits per heavy atom. The summed E-state index contributed by atoms with van der Waals surface area (Å²) < 4.78 is 73.0. The molecule has 0 amide bonds. The second kappa shape index (κ2) is 9.18. The van der Waals surface area contributed by atoms with E-state index in [-0.39, 0.29) is 36.8 Å². The predicted octanol–water partition coefficient (Wildman–Crippen LogP) is 3.48. The summed E-state index contributed by atoms with van der Waals surface area (Å²) in [5.41, 5.74) is -0.190. The number of methoxy groups -OCH3 is 1. The van der Waals surface area contributed by atoms with Crippen LogP contribution in [0.1, 0.15) is 25.5 Å². The molecule has 0 aromatic heterocycles. The first-order valence-corrected chi connectivity index (χ1v) is 9.45. The van der Waals surface area contributed by atoms with Crippen molar-refractivity contribution in [3.63, 3.8) is 0 Å². The lowest BCUT2D eigenvalue weighted by Crippen LogP contribution is -2.49. The van der Waals surface area contributed by atoms with Crippen molar-refractivity contribution in [3.05, 3.63) is 34.9 Å². The largest absolute Gasteiger partial charge is 0.409 e. The highest BCUT2D eigenvalue weighted by atomic mass is 35.5. The molecule has 0 radical (unpaired) electrons. The van der Waals surface area contributed by atoms with E-state index in [2.05, 4.69) is 0 Å². The Bertz CT molecular complexity index is 638. The molecule has 10 heteroatoms. The number of ether oxygens (including phenoxy) is 1. The van der Waals surface area contributed by atoms with Gasteiger partial charge in [0.25, 0.3) is 10.2 Å². The summed E-state index contributed by atoms with van der Waals surface area (Å²) in [6.07, 6.45) is -4.78. The maximum atomic E-state index is 13.7. The number of rotatable bonds is 9. The molecule has 25 heavy (non-hydrogen) atoms. The Hall–Kier alpha value is -0.870. The van der Waals surface area contributed by atoms with Crippen LogP contribution in [0.5, 0.6) is 0 Å². The van der Waals surface area contributed by atoms with E-state index in [1.807, 2.05) is 0 Å². The van der Waals surface area contributed by atoms with Crippen LogP contribution < -0.4 is 0 Å². The van der Waals surface area contributed by atoms with Gasteiger partial charge in [-0.1, -0.05) is 37.6 Å². The molecule has 1 unspecified atom stereocenters. The summed E-state index contributed by atoms with van der Waals surface area (Å²) in [7, 11) is -2.95. The van der Waals surface area contributed by atoms with Gasteiger partial charge < -0.3 is 4.74 Å². The van der Waals surface area contributed by atoms with Gasteiger partial charge in [0.05, 0.1) is 6.61 Å². The third-order valence-electron chi connectivity index (χ3n) is 3.62. The normalized spacial score (nSPS) is 14.3. The van der Waals surface area contributed by atoms with Crippen molar-refractivity contribution in [1.82, 2.24) is 8.61 Å². The van der Waals surface area contributed by atoms with Crippen LogP contribution in [0.3, 0.4) is 0 Å². The van der Waals surface area contributed by atoms with Gasteiger partial charge in [-0.2, -0.15) is 30.2 Å². The zero-order valence-corrected chi connectivity index (χ0v) is 15.8. The Morgan fingerprint density at radius 2 is 1.72 bits per heavy atom. The van der Waals surface area contributed by atoms with Gasteiger partial charge in [0, 0.05) is 31.8 Å². The smallest absolute Gasteiger partial charge is 0.383 e. The van der Waals surface area contributed by atoms with Crippen LogP contribution in [-0.2, 0) is 14.9 Å². The van der Waals surface area contributed by atoms with E-state index in [0.717, 1.165) is 4.31 Å². The fourth-order valence-corrected chi connectivity index (χ4v) is 4.31. The van der Waals surface area contributed by atoms with Crippen LogP contribution in [0, 0.1) is 0 Å². The lowest BCUT2D eigenvalue weighted by Gasteiger charge is -2.35. The highest BCUT2D eigenvalue weighted by Gasteiger charge is 2.49. The number of hydrogen-bond donors (Lipinski definition) is 0. The highest BCUT2D eigenvalue weighted by molar-refractivity contribution is 7.86. The zero-order valence-electron chi connectivity index (χ0n) is 14.3. The second-order valence-electron chi connectivity index (χ2n) is 5.19. The molecular weight excluding hydrogens is 381 g/mol. The van der Waals surface area contributed by atoms with Gasteiger partial charge >= 0.3 is 6.18 Å². The van der Waals surface area contributed by atoms with E-state index in [1.54, 1.807) is 6.92 Å². The van der Waals surface area contributed by atoms with Gasteiger partial charge in [0.15, 0.2) is 0 Å². The highest BCUT2D eigenvalue weighted by Crippen LogP contribution is 2.40. The van der Waals surface area contributed by atoms with Crippen molar-refractivity contribution in [3.8, 4) is 0 Å². The quantitative estimate of drug-likeness (QED) is 0.635. The number of halogens is 4. The van der Waals surface area contributed by atoms with E-state index in [4.69, 9.17) is 16.3 Å². The Balaban J connectivity index is 3.35. The fraction of sp³-hybridized carbons (Fsp3) is 0.600. The summed E-state index contributed by atoms with van der Waals surface area (Å²) in [6.45, 7) is 2.69. The minimum atomic E-state index is -4.78. The van der Waals surface area contributed by atoms with E-state index in [0.29, 0.717) is 4.31 Å². The van der Waals surface area contributed by atoms with Crippen LogP contribution in [0.2, 0.25) is 5.02 Å². The first kappa shape index (κ1) is 22.2. The van der Waals surface area contributed by atoms with Crippen molar-refractivity contribution < 1.29 is 26.3 Å². The van der Waals surface area contributed by atoms with Crippen LogP contribution in [0.15, 0.2) is 24.3 Å². The monoisotopic (exact) mass is 402 g/mol. The molecule has 1 atom stereocenters. The van der Waals surface area contributed by atoms with Gasteiger partial charge in [-0.05, 0) is 17.7 Å². The van der Waals surface area contributed by atoms with Crippen LogP contribution in [0.4, 0.5) is 13.2 Å². The molecule has 0 aliphatic carbocycles. The Morgan fingerprint density at radius 1 is 1.16 bits per heavy atom. The van der Waals surface area contributed by atoms with Crippen molar-refractivity contribution in [1.29, 1.82) is 0 Å². The second-order valence-corrected chi connectivity index (χ2v) is 7.51. The summed E-state index contributed by atoms with van der Waals surface area (Å²) in [5, 5.41) is 0.269. The fourth-order valence-electron chi connectivity index (χ4n) is 2.42. The van der Waals surface area contributed by atoms with Gasteiger partial charge in [0.1, 0.15) is 6.04 Å². The third-order valence-corrected chi connectivity index (χ3v) is 6.02. The lowest BCUT2D eigenvalue weighted by atomic mass is 10.1. The van der Waals surface area contributed by atoms with E-state index in [1.165, 1.54) is 38.3 Å². The minimum absolute atomic E-state index is 0.0307. The molecule has 144 valence electrons. The number of nitrogens with zero attached hydrogens (tertiary/aromatic N) is 2.